The number of carbonyl (C=O) groups is 1. The second-order valence-corrected chi connectivity index (χ2v) is 6.38. The number of aromatic nitrogens is 2. The number of amides is 1. The van der Waals surface area contributed by atoms with Gasteiger partial charge in [0.25, 0.3) is 0 Å². The first-order chi connectivity index (χ1) is 11.5. The first-order valence-corrected chi connectivity index (χ1v) is 8.39. The molecule has 0 bridgehead atoms. The van der Waals surface area contributed by atoms with Crippen molar-refractivity contribution in [2.45, 2.75) is 45.2 Å². The fraction of sp³-hybridized carbons (Fsp3) is 0.444. The van der Waals surface area contributed by atoms with E-state index in [0.717, 1.165) is 36.9 Å². The van der Waals surface area contributed by atoms with Crippen LogP contribution in [0.5, 0.6) is 0 Å². The summed E-state index contributed by atoms with van der Waals surface area (Å²) in [6.07, 6.45) is 3.93. The van der Waals surface area contributed by atoms with Gasteiger partial charge in [0.1, 0.15) is 18.2 Å². The fourth-order valence-electron chi connectivity index (χ4n) is 3.38. The van der Waals surface area contributed by atoms with Crippen LogP contribution in [0, 0.1) is 12.7 Å². The maximum absolute atomic E-state index is 13.6. The van der Waals surface area contributed by atoms with E-state index in [2.05, 4.69) is 5.10 Å². The summed E-state index contributed by atoms with van der Waals surface area (Å²) in [5, 5.41) is 4.26. The highest BCUT2D eigenvalue weighted by Gasteiger charge is 2.27. The van der Waals surface area contributed by atoms with E-state index in [1.54, 1.807) is 12.1 Å². The standard InChI is InChI=1S/C18H23FN4O/c1-13-10-17(20)23(21-13)12-18(24)22-9-4-2-3-8-16(22)14-6-5-7-15(19)11-14/h5-7,10-11,16H,2-4,8-9,12,20H2,1H3. The number of hydrogen-bond acceptors (Lipinski definition) is 3. The summed E-state index contributed by atoms with van der Waals surface area (Å²) in [4.78, 5) is 14.7. The van der Waals surface area contributed by atoms with Gasteiger partial charge in [-0.05, 0) is 37.5 Å². The number of nitrogen functional groups attached to an aromatic ring is 1. The minimum absolute atomic E-state index is 0.0269. The highest BCUT2D eigenvalue weighted by atomic mass is 19.1. The van der Waals surface area contributed by atoms with Crippen molar-refractivity contribution in [3.63, 3.8) is 0 Å². The Hall–Kier alpha value is -2.37. The van der Waals surface area contributed by atoms with Crippen molar-refractivity contribution < 1.29 is 9.18 Å². The Balaban J connectivity index is 1.84. The van der Waals surface area contributed by atoms with Crippen molar-refractivity contribution in [1.82, 2.24) is 14.7 Å². The first-order valence-electron chi connectivity index (χ1n) is 8.39. The molecule has 1 aromatic carbocycles. The molecule has 2 heterocycles. The Morgan fingerprint density at radius 2 is 2.17 bits per heavy atom. The maximum atomic E-state index is 13.6. The van der Waals surface area contributed by atoms with Gasteiger partial charge >= 0.3 is 0 Å². The summed E-state index contributed by atoms with van der Waals surface area (Å²) >= 11 is 0. The van der Waals surface area contributed by atoms with E-state index in [0.29, 0.717) is 12.4 Å². The summed E-state index contributed by atoms with van der Waals surface area (Å²) in [5.41, 5.74) is 7.54. The number of aryl methyl sites for hydroxylation is 1. The molecule has 5 nitrogen and oxygen atoms in total. The van der Waals surface area contributed by atoms with Gasteiger partial charge in [-0.3, -0.25) is 4.79 Å². The molecule has 1 aromatic heterocycles. The molecule has 24 heavy (non-hydrogen) atoms. The Bertz CT molecular complexity index is 728. The van der Waals surface area contributed by atoms with Crippen LogP contribution in [-0.4, -0.2) is 27.1 Å². The minimum Gasteiger partial charge on any atom is -0.384 e. The molecule has 1 amide bonds. The fourth-order valence-corrected chi connectivity index (χ4v) is 3.38. The number of benzene rings is 1. The van der Waals surface area contributed by atoms with Crippen LogP contribution in [0.25, 0.3) is 0 Å². The zero-order valence-corrected chi connectivity index (χ0v) is 13.9. The minimum atomic E-state index is -0.268. The van der Waals surface area contributed by atoms with Crippen LogP contribution in [-0.2, 0) is 11.3 Å². The molecule has 6 heteroatoms. The molecule has 1 aliphatic heterocycles. The summed E-state index contributed by atoms with van der Waals surface area (Å²) in [6, 6.07) is 8.22. The van der Waals surface area contributed by atoms with Crippen molar-refractivity contribution in [1.29, 1.82) is 0 Å². The Kier molecular flexibility index (Phi) is 4.83. The number of halogens is 1. The van der Waals surface area contributed by atoms with E-state index < -0.39 is 0 Å². The number of carbonyl (C=O) groups excluding carboxylic acids is 1. The maximum Gasteiger partial charge on any atom is 0.244 e. The van der Waals surface area contributed by atoms with Crippen molar-refractivity contribution in [2.24, 2.45) is 0 Å². The van der Waals surface area contributed by atoms with Crippen LogP contribution < -0.4 is 5.73 Å². The van der Waals surface area contributed by atoms with Gasteiger partial charge in [-0.2, -0.15) is 5.10 Å². The molecule has 0 aliphatic carbocycles. The van der Waals surface area contributed by atoms with E-state index in [4.69, 9.17) is 5.73 Å². The second-order valence-electron chi connectivity index (χ2n) is 6.38. The topological polar surface area (TPSA) is 64.2 Å². The number of rotatable bonds is 3. The molecule has 3 rings (SSSR count). The number of anilines is 1. The summed E-state index contributed by atoms with van der Waals surface area (Å²) < 4.78 is 15.2. The summed E-state index contributed by atoms with van der Waals surface area (Å²) in [6.45, 7) is 2.64. The van der Waals surface area contributed by atoms with Gasteiger partial charge in [-0.1, -0.05) is 25.0 Å². The average Bonchev–Trinajstić information content (AvgIpc) is 2.76. The number of hydrogen-bond donors (Lipinski definition) is 1. The van der Waals surface area contributed by atoms with Crippen LogP contribution in [0.2, 0.25) is 0 Å². The van der Waals surface area contributed by atoms with E-state index in [9.17, 15) is 9.18 Å². The largest absolute Gasteiger partial charge is 0.384 e. The van der Waals surface area contributed by atoms with Crippen molar-refractivity contribution in [3.8, 4) is 0 Å². The molecule has 0 radical (unpaired) electrons. The van der Waals surface area contributed by atoms with Gasteiger partial charge in [-0.15, -0.1) is 0 Å². The lowest BCUT2D eigenvalue weighted by Gasteiger charge is -2.30. The van der Waals surface area contributed by atoms with Crippen molar-refractivity contribution in [3.05, 3.63) is 47.4 Å². The van der Waals surface area contributed by atoms with Crippen LogP contribution >= 0.6 is 0 Å². The number of nitrogens with zero attached hydrogens (tertiary/aromatic N) is 3. The zero-order valence-electron chi connectivity index (χ0n) is 13.9. The molecule has 1 unspecified atom stereocenters. The summed E-state index contributed by atoms with van der Waals surface area (Å²) in [5.74, 6) is 0.190. The van der Waals surface area contributed by atoms with Crippen LogP contribution in [0.1, 0.15) is 43.0 Å². The molecular formula is C18H23FN4O. The first kappa shape index (κ1) is 16.5. The zero-order chi connectivity index (χ0) is 17.1. The predicted molar refractivity (Wildman–Crippen MR) is 90.7 cm³/mol. The smallest absolute Gasteiger partial charge is 0.244 e. The third kappa shape index (κ3) is 3.58. The lowest BCUT2D eigenvalue weighted by atomic mass is 10.0. The molecule has 1 atom stereocenters. The highest BCUT2D eigenvalue weighted by Crippen LogP contribution is 2.30. The Labute approximate surface area is 141 Å². The van der Waals surface area contributed by atoms with Gasteiger partial charge in [0.15, 0.2) is 0 Å². The molecule has 1 aliphatic rings. The van der Waals surface area contributed by atoms with Crippen LogP contribution in [0.4, 0.5) is 10.2 Å². The SMILES string of the molecule is Cc1cc(N)n(CC(=O)N2CCCCCC2c2cccc(F)c2)n1. The predicted octanol–water partition coefficient (Wildman–Crippen LogP) is 3.06. The molecule has 1 saturated heterocycles. The van der Waals surface area contributed by atoms with E-state index in [1.165, 1.54) is 16.8 Å². The number of nitrogens with two attached hydrogens (primary N) is 1. The van der Waals surface area contributed by atoms with Gasteiger partial charge in [-0.25, -0.2) is 9.07 Å². The van der Waals surface area contributed by atoms with E-state index >= 15 is 0 Å². The van der Waals surface area contributed by atoms with Crippen molar-refractivity contribution >= 4 is 11.7 Å². The summed E-state index contributed by atoms with van der Waals surface area (Å²) in [7, 11) is 0. The van der Waals surface area contributed by atoms with Gasteiger partial charge < -0.3 is 10.6 Å². The third-order valence-electron chi connectivity index (χ3n) is 4.52. The molecule has 0 saturated carbocycles. The Morgan fingerprint density at radius 3 is 2.88 bits per heavy atom. The monoisotopic (exact) mass is 330 g/mol. The van der Waals surface area contributed by atoms with Crippen LogP contribution in [0.3, 0.4) is 0 Å². The van der Waals surface area contributed by atoms with Gasteiger partial charge in [0.05, 0.1) is 11.7 Å². The lowest BCUT2D eigenvalue weighted by molar-refractivity contribution is -0.134. The van der Waals surface area contributed by atoms with Crippen LogP contribution in [0.15, 0.2) is 30.3 Å². The number of likely N-dealkylation sites (tertiary alicyclic amines) is 1. The molecule has 2 aromatic rings. The molecule has 1 fully saturated rings. The Morgan fingerprint density at radius 1 is 1.33 bits per heavy atom. The van der Waals surface area contributed by atoms with E-state index in [-0.39, 0.29) is 24.3 Å². The lowest BCUT2D eigenvalue weighted by Crippen LogP contribution is -2.37. The van der Waals surface area contributed by atoms with Gasteiger partial charge in [0.2, 0.25) is 5.91 Å². The average molecular weight is 330 g/mol. The molecular weight excluding hydrogens is 307 g/mol. The van der Waals surface area contributed by atoms with Crippen molar-refractivity contribution in [2.75, 3.05) is 12.3 Å². The quantitative estimate of drug-likeness (QED) is 0.941. The third-order valence-corrected chi connectivity index (χ3v) is 4.52. The van der Waals surface area contributed by atoms with Gasteiger partial charge in [0, 0.05) is 12.6 Å². The molecule has 0 spiro atoms. The second kappa shape index (κ2) is 7.03. The van der Waals surface area contributed by atoms with E-state index in [1.807, 2.05) is 17.9 Å². The highest BCUT2D eigenvalue weighted by molar-refractivity contribution is 5.77. The molecule has 2 N–H and O–H groups in total. The molecule has 128 valence electrons. The normalized spacial score (nSPS) is 18.4.